The largest absolute Gasteiger partial charge is 0.349 e. The van der Waals surface area contributed by atoms with Gasteiger partial charge in [0.2, 0.25) is 0 Å². The van der Waals surface area contributed by atoms with Crippen molar-refractivity contribution in [1.29, 1.82) is 0 Å². The normalized spacial score (nSPS) is 19.9. The summed E-state index contributed by atoms with van der Waals surface area (Å²) < 4.78 is 1.83. The SMILES string of the molecule is CC(C)c1c(C(=O)NC2CCC(N)CC2)cnn1-c1ccc(Cl)cc1.Cl. The van der Waals surface area contributed by atoms with Gasteiger partial charge in [0.15, 0.2) is 0 Å². The third-order valence-corrected chi connectivity index (χ3v) is 5.03. The molecule has 26 heavy (non-hydrogen) atoms. The highest BCUT2D eigenvalue weighted by Gasteiger charge is 2.25. The van der Waals surface area contributed by atoms with Gasteiger partial charge < -0.3 is 11.1 Å². The Morgan fingerprint density at radius 2 is 1.85 bits per heavy atom. The Hall–Kier alpha value is -1.56. The van der Waals surface area contributed by atoms with Crippen LogP contribution in [0.2, 0.25) is 5.02 Å². The molecule has 0 spiro atoms. The number of hydrogen-bond acceptors (Lipinski definition) is 3. The monoisotopic (exact) mass is 396 g/mol. The molecule has 0 unspecified atom stereocenters. The molecule has 5 nitrogen and oxygen atoms in total. The average molecular weight is 397 g/mol. The van der Waals surface area contributed by atoms with Gasteiger partial charge in [-0.2, -0.15) is 5.10 Å². The first-order valence-corrected chi connectivity index (χ1v) is 9.23. The van der Waals surface area contributed by atoms with E-state index in [1.165, 1.54) is 0 Å². The Morgan fingerprint density at radius 1 is 1.23 bits per heavy atom. The van der Waals surface area contributed by atoms with Crippen molar-refractivity contribution in [3.63, 3.8) is 0 Å². The second kappa shape index (κ2) is 8.89. The van der Waals surface area contributed by atoms with Gasteiger partial charge in [-0.25, -0.2) is 4.68 Å². The molecule has 0 atom stereocenters. The molecule has 0 saturated heterocycles. The summed E-state index contributed by atoms with van der Waals surface area (Å²) in [6, 6.07) is 7.94. The maximum absolute atomic E-state index is 12.8. The maximum Gasteiger partial charge on any atom is 0.255 e. The summed E-state index contributed by atoms with van der Waals surface area (Å²) in [5, 5.41) is 8.29. The number of hydrogen-bond donors (Lipinski definition) is 2. The summed E-state index contributed by atoms with van der Waals surface area (Å²) in [4.78, 5) is 12.8. The minimum atomic E-state index is -0.0515. The Morgan fingerprint density at radius 3 is 2.42 bits per heavy atom. The van der Waals surface area contributed by atoms with Crippen molar-refractivity contribution in [2.24, 2.45) is 5.73 Å². The molecule has 0 radical (unpaired) electrons. The molecule has 1 aromatic carbocycles. The van der Waals surface area contributed by atoms with Crippen LogP contribution >= 0.6 is 24.0 Å². The van der Waals surface area contributed by atoms with Gasteiger partial charge in [0, 0.05) is 17.1 Å². The molecule has 1 saturated carbocycles. The zero-order valence-corrected chi connectivity index (χ0v) is 16.7. The summed E-state index contributed by atoms with van der Waals surface area (Å²) in [6.45, 7) is 4.14. The Labute approximate surface area is 165 Å². The second-order valence-electron chi connectivity index (χ2n) is 7.07. The van der Waals surface area contributed by atoms with Gasteiger partial charge in [0.1, 0.15) is 0 Å². The lowest BCUT2D eigenvalue weighted by atomic mass is 9.91. The number of nitrogens with two attached hydrogens (primary N) is 1. The first kappa shape index (κ1) is 20.7. The molecule has 1 amide bonds. The lowest BCUT2D eigenvalue weighted by molar-refractivity contribution is 0.0924. The van der Waals surface area contributed by atoms with Gasteiger partial charge in [-0.05, 0) is 55.9 Å². The van der Waals surface area contributed by atoms with Crippen molar-refractivity contribution >= 4 is 29.9 Å². The van der Waals surface area contributed by atoms with E-state index in [1.54, 1.807) is 6.20 Å². The van der Waals surface area contributed by atoms with Gasteiger partial charge in [-0.15, -0.1) is 12.4 Å². The fourth-order valence-corrected chi connectivity index (χ4v) is 3.53. The zero-order chi connectivity index (χ0) is 18.0. The van der Waals surface area contributed by atoms with Gasteiger partial charge in [0.05, 0.1) is 23.1 Å². The Kier molecular flexibility index (Phi) is 7.09. The van der Waals surface area contributed by atoms with Crippen LogP contribution in [0.15, 0.2) is 30.5 Å². The standard InChI is InChI=1S/C19H25ClN4O.ClH/c1-12(2)18-17(19(25)23-15-7-5-14(21)6-8-15)11-22-24(18)16-9-3-13(20)4-10-16;/h3-4,9-12,14-15H,5-8,21H2,1-2H3,(H,23,25);1H. The molecule has 142 valence electrons. The predicted octanol–water partition coefficient (Wildman–Crippen LogP) is 4.07. The quantitative estimate of drug-likeness (QED) is 0.817. The van der Waals surface area contributed by atoms with Crippen LogP contribution in [0.1, 0.15) is 61.5 Å². The Bertz CT molecular complexity index is 734. The minimum Gasteiger partial charge on any atom is -0.349 e. The molecule has 0 aliphatic heterocycles. The number of nitrogens with one attached hydrogen (secondary N) is 1. The molecule has 0 bridgehead atoms. The number of carbonyl (C=O) groups is 1. The molecule has 2 aromatic rings. The Balaban J connectivity index is 0.00000243. The second-order valence-corrected chi connectivity index (χ2v) is 7.51. The first-order valence-electron chi connectivity index (χ1n) is 8.86. The summed E-state index contributed by atoms with van der Waals surface area (Å²) in [5.74, 6) is 0.114. The highest BCUT2D eigenvalue weighted by atomic mass is 35.5. The number of amides is 1. The molecule has 3 N–H and O–H groups in total. The summed E-state index contributed by atoms with van der Waals surface area (Å²) in [7, 11) is 0. The van der Waals surface area contributed by atoms with Crippen LogP contribution in [0.25, 0.3) is 5.69 Å². The number of benzene rings is 1. The fraction of sp³-hybridized carbons (Fsp3) is 0.474. The van der Waals surface area contributed by atoms with Gasteiger partial charge in [0.25, 0.3) is 5.91 Å². The van der Waals surface area contributed by atoms with E-state index in [1.807, 2.05) is 28.9 Å². The molecule has 1 aromatic heterocycles. The first-order chi connectivity index (χ1) is 12.0. The van der Waals surface area contributed by atoms with Crippen LogP contribution in [0.5, 0.6) is 0 Å². The third kappa shape index (κ3) is 4.58. The predicted molar refractivity (Wildman–Crippen MR) is 108 cm³/mol. The van der Waals surface area contributed by atoms with Crippen LogP contribution in [-0.4, -0.2) is 27.8 Å². The van der Waals surface area contributed by atoms with Crippen LogP contribution in [0.4, 0.5) is 0 Å². The van der Waals surface area contributed by atoms with E-state index in [-0.39, 0.29) is 36.3 Å². The van der Waals surface area contributed by atoms with Crippen molar-refractivity contribution in [1.82, 2.24) is 15.1 Å². The molecule has 1 aliphatic carbocycles. The lowest BCUT2D eigenvalue weighted by Crippen LogP contribution is -2.40. The highest BCUT2D eigenvalue weighted by molar-refractivity contribution is 6.30. The lowest BCUT2D eigenvalue weighted by Gasteiger charge is -2.26. The van der Waals surface area contributed by atoms with Crippen LogP contribution in [0.3, 0.4) is 0 Å². The number of nitrogens with zero attached hydrogens (tertiary/aromatic N) is 2. The van der Waals surface area contributed by atoms with Gasteiger partial charge in [-0.1, -0.05) is 25.4 Å². The molecule has 1 heterocycles. The third-order valence-electron chi connectivity index (χ3n) is 4.78. The van der Waals surface area contributed by atoms with Crippen molar-refractivity contribution < 1.29 is 4.79 Å². The van der Waals surface area contributed by atoms with Gasteiger partial charge in [-0.3, -0.25) is 4.79 Å². The molecule has 1 aliphatic rings. The molecule has 3 rings (SSSR count). The van der Waals surface area contributed by atoms with E-state index in [4.69, 9.17) is 17.3 Å². The van der Waals surface area contributed by atoms with E-state index >= 15 is 0 Å². The number of carbonyl (C=O) groups excluding carboxylic acids is 1. The highest BCUT2D eigenvalue weighted by Crippen LogP contribution is 2.25. The topological polar surface area (TPSA) is 72.9 Å². The van der Waals surface area contributed by atoms with Crippen LogP contribution < -0.4 is 11.1 Å². The summed E-state index contributed by atoms with van der Waals surface area (Å²) >= 11 is 5.97. The number of halogens is 2. The van der Waals surface area contributed by atoms with E-state index in [0.717, 1.165) is 37.1 Å². The molecular weight excluding hydrogens is 371 g/mol. The average Bonchev–Trinajstić information content (AvgIpc) is 3.03. The molecule has 7 heteroatoms. The zero-order valence-electron chi connectivity index (χ0n) is 15.1. The van der Waals surface area contributed by atoms with Gasteiger partial charge >= 0.3 is 0 Å². The van der Waals surface area contributed by atoms with Crippen molar-refractivity contribution in [3.8, 4) is 5.69 Å². The van der Waals surface area contributed by atoms with E-state index in [2.05, 4.69) is 24.3 Å². The molecular formula is C19H26Cl2N4O. The fourth-order valence-electron chi connectivity index (χ4n) is 3.40. The van der Waals surface area contributed by atoms with E-state index in [9.17, 15) is 4.79 Å². The van der Waals surface area contributed by atoms with Crippen molar-refractivity contribution in [2.45, 2.75) is 57.5 Å². The summed E-state index contributed by atoms with van der Waals surface area (Å²) in [5.41, 5.74) is 8.39. The van der Waals surface area contributed by atoms with Crippen molar-refractivity contribution in [3.05, 3.63) is 46.7 Å². The van der Waals surface area contributed by atoms with E-state index < -0.39 is 0 Å². The summed E-state index contributed by atoms with van der Waals surface area (Å²) in [6.07, 6.45) is 5.47. The smallest absolute Gasteiger partial charge is 0.255 e. The van der Waals surface area contributed by atoms with Crippen molar-refractivity contribution in [2.75, 3.05) is 0 Å². The molecule has 1 fully saturated rings. The van der Waals surface area contributed by atoms with Crippen LogP contribution in [0, 0.1) is 0 Å². The minimum absolute atomic E-state index is 0. The van der Waals surface area contributed by atoms with Crippen LogP contribution in [-0.2, 0) is 0 Å². The number of aromatic nitrogens is 2. The maximum atomic E-state index is 12.8. The number of rotatable bonds is 4. The van der Waals surface area contributed by atoms with E-state index in [0.29, 0.717) is 10.6 Å².